The maximum Gasteiger partial charge on any atom is 0.348 e. The molecule has 2 aromatic heterocycles. The van der Waals surface area contributed by atoms with E-state index in [2.05, 4.69) is 9.88 Å². The van der Waals surface area contributed by atoms with Crippen LogP contribution in [0.15, 0.2) is 29.8 Å². The summed E-state index contributed by atoms with van der Waals surface area (Å²) < 4.78 is 4.84. The second-order valence-corrected chi connectivity index (χ2v) is 6.69. The van der Waals surface area contributed by atoms with Crippen molar-refractivity contribution >= 4 is 23.2 Å². The summed E-state index contributed by atoms with van der Waals surface area (Å²) in [6.45, 7) is 3.85. The Labute approximate surface area is 145 Å². The summed E-state index contributed by atoms with van der Waals surface area (Å²) in [7, 11) is 1.40. The molecule has 0 aliphatic carbocycles. The minimum Gasteiger partial charge on any atom is -0.465 e. The molecule has 0 bridgehead atoms. The first-order valence-corrected chi connectivity index (χ1v) is 8.86. The van der Waals surface area contributed by atoms with Crippen LogP contribution in [-0.4, -0.2) is 59.9 Å². The van der Waals surface area contributed by atoms with Crippen LogP contribution in [0.2, 0.25) is 0 Å². The molecule has 7 heteroatoms. The van der Waals surface area contributed by atoms with Crippen LogP contribution in [0, 0.1) is 0 Å². The fourth-order valence-electron chi connectivity index (χ4n) is 2.94. The zero-order valence-corrected chi connectivity index (χ0v) is 14.5. The van der Waals surface area contributed by atoms with Crippen molar-refractivity contribution < 1.29 is 14.3 Å². The first-order valence-electron chi connectivity index (χ1n) is 7.98. The van der Waals surface area contributed by atoms with Crippen molar-refractivity contribution in [2.75, 3.05) is 33.3 Å². The van der Waals surface area contributed by atoms with E-state index in [0.717, 1.165) is 31.6 Å². The van der Waals surface area contributed by atoms with E-state index < -0.39 is 0 Å². The monoisotopic (exact) mass is 347 g/mol. The van der Waals surface area contributed by atoms with Gasteiger partial charge in [0.25, 0.3) is 5.91 Å². The van der Waals surface area contributed by atoms with Gasteiger partial charge in [-0.2, -0.15) is 0 Å². The SMILES string of the molecule is COC(=O)c1sccc1CN1CCCN(C(=O)c2ccc[nH]2)CC1. The molecule has 128 valence electrons. The predicted octanol–water partition coefficient (Wildman–Crippen LogP) is 2.21. The van der Waals surface area contributed by atoms with Crippen LogP contribution >= 0.6 is 11.3 Å². The Morgan fingerprint density at radius 3 is 2.88 bits per heavy atom. The number of aromatic amines is 1. The molecule has 3 rings (SSSR count). The third kappa shape index (κ3) is 3.68. The van der Waals surface area contributed by atoms with Crippen molar-refractivity contribution in [2.24, 2.45) is 0 Å². The minimum atomic E-state index is -0.279. The number of methoxy groups -OCH3 is 1. The largest absolute Gasteiger partial charge is 0.465 e. The molecule has 6 nitrogen and oxygen atoms in total. The van der Waals surface area contributed by atoms with E-state index in [1.165, 1.54) is 18.4 Å². The molecule has 2 aromatic rings. The van der Waals surface area contributed by atoms with Crippen LogP contribution < -0.4 is 0 Å². The zero-order chi connectivity index (χ0) is 16.9. The number of rotatable bonds is 4. The van der Waals surface area contributed by atoms with Crippen LogP contribution in [0.25, 0.3) is 0 Å². The smallest absolute Gasteiger partial charge is 0.348 e. The van der Waals surface area contributed by atoms with E-state index in [1.807, 2.05) is 22.4 Å². The molecule has 1 fully saturated rings. The topological polar surface area (TPSA) is 65.6 Å². The van der Waals surface area contributed by atoms with Gasteiger partial charge in [0.05, 0.1) is 7.11 Å². The van der Waals surface area contributed by atoms with Gasteiger partial charge < -0.3 is 14.6 Å². The third-order valence-electron chi connectivity index (χ3n) is 4.22. The predicted molar refractivity (Wildman–Crippen MR) is 92.2 cm³/mol. The number of esters is 1. The van der Waals surface area contributed by atoms with E-state index in [4.69, 9.17) is 4.74 Å². The standard InChI is InChI=1S/C17H21N3O3S/c1-23-17(22)15-13(5-11-24-15)12-19-7-3-8-20(10-9-19)16(21)14-4-2-6-18-14/h2,4-6,11,18H,3,7-10,12H2,1H3. The van der Waals surface area contributed by atoms with Crippen molar-refractivity contribution in [3.05, 3.63) is 45.9 Å². The van der Waals surface area contributed by atoms with E-state index in [9.17, 15) is 9.59 Å². The summed E-state index contributed by atoms with van der Waals surface area (Å²) in [5.74, 6) is -0.231. The fraction of sp³-hybridized carbons (Fsp3) is 0.412. The maximum atomic E-state index is 12.4. The Morgan fingerprint density at radius 2 is 2.12 bits per heavy atom. The number of carbonyl (C=O) groups excluding carboxylic acids is 2. The van der Waals surface area contributed by atoms with Gasteiger partial charge in [0.15, 0.2) is 0 Å². The lowest BCUT2D eigenvalue weighted by Crippen LogP contribution is -2.35. The Bertz CT molecular complexity index is 696. The number of aromatic nitrogens is 1. The highest BCUT2D eigenvalue weighted by Gasteiger charge is 2.22. The van der Waals surface area contributed by atoms with Gasteiger partial charge in [0, 0.05) is 38.9 Å². The molecule has 0 unspecified atom stereocenters. The highest BCUT2D eigenvalue weighted by molar-refractivity contribution is 7.12. The van der Waals surface area contributed by atoms with Crippen molar-refractivity contribution in [3.63, 3.8) is 0 Å². The van der Waals surface area contributed by atoms with E-state index >= 15 is 0 Å². The quantitative estimate of drug-likeness (QED) is 0.861. The number of nitrogens with zero attached hydrogens (tertiary/aromatic N) is 2. The normalized spacial score (nSPS) is 16.0. The number of thiophene rings is 1. The number of hydrogen-bond acceptors (Lipinski definition) is 5. The zero-order valence-electron chi connectivity index (χ0n) is 13.7. The molecular weight excluding hydrogens is 326 g/mol. The summed E-state index contributed by atoms with van der Waals surface area (Å²) in [6, 6.07) is 5.62. The van der Waals surface area contributed by atoms with E-state index in [0.29, 0.717) is 23.7 Å². The van der Waals surface area contributed by atoms with Crippen LogP contribution in [0.4, 0.5) is 0 Å². The number of amides is 1. The first-order chi connectivity index (χ1) is 11.7. The van der Waals surface area contributed by atoms with Crippen LogP contribution in [0.3, 0.4) is 0 Å². The Kier molecular flexibility index (Phi) is 5.32. The van der Waals surface area contributed by atoms with Crippen molar-refractivity contribution in [3.8, 4) is 0 Å². The Balaban J connectivity index is 1.61. The summed E-state index contributed by atoms with van der Waals surface area (Å²) in [5, 5.41) is 1.92. The van der Waals surface area contributed by atoms with Gasteiger partial charge in [-0.05, 0) is 35.6 Å². The molecule has 1 amide bonds. The number of nitrogens with one attached hydrogen (secondary N) is 1. The average molecular weight is 347 g/mol. The molecule has 24 heavy (non-hydrogen) atoms. The molecule has 0 radical (unpaired) electrons. The highest BCUT2D eigenvalue weighted by Crippen LogP contribution is 2.20. The molecule has 3 heterocycles. The lowest BCUT2D eigenvalue weighted by atomic mass is 10.2. The molecule has 1 saturated heterocycles. The average Bonchev–Trinajstić information content (AvgIpc) is 3.23. The van der Waals surface area contributed by atoms with Gasteiger partial charge in [-0.1, -0.05) is 0 Å². The van der Waals surface area contributed by atoms with Crippen LogP contribution in [0.1, 0.15) is 32.1 Å². The Morgan fingerprint density at radius 1 is 1.25 bits per heavy atom. The lowest BCUT2D eigenvalue weighted by molar-refractivity contribution is 0.0604. The fourth-order valence-corrected chi connectivity index (χ4v) is 3.77. The second-order valence-electron chi connectivity index (χ2n) is 5.77. The van der Waals surface area contributed by atoms with Crippen molar-refractivity contribution in [1.82, 2.24) is 14.8 Å². The number of carbonyl (C=O) groups is 2. The first kappa shape index (κ1) is 16.7. The summed E-state index contributed by atoms with van der Waals surface area (Å²) in [4.78, 5) is 32.0. The molecule has 1 N–H and O–H groups in total. The van der Waals surface area contributed by atoms with E-state index in [-0.39, 0.29) is 11.9 Å². The second kappa shape index (κ2) is 7.63. The van der Waals surface area contributed by atoms with Gasteiger partial charge in [-0.25, -0.2) is 4.79 Å². The molecule has 0 spiro atoms. The molecule has 0 aromatic carbocycles. The number of hydrogen-bond donors (Lipinski definition) is 1. The summed E-state index contributed by atoms with van der Waals surface area (Å²) in [5.41, 5.74) is 1.63. The minimum absolute atomic E-state index is 0.0487. The maximum absolute atomic E-state index is 12.4. The van der Waals surface area contributed by atoms with Crippen LogP contribution in [-0.2, 0) is 11.3 Å². The molecule has 1 aliphatic rings. The summed E-state index contributed by atoms with van der Waals surface area (Å²) in [6.07, 6.45) is 2.69. The van der Waals surface area contributed by atoms with Crippen LogP contribution in [0.5, 0.6) is 0 Å². The molecular formula is C17H21N3O3S. The Hall–Kier alpha value is -2.12. The van der Waals surface area contributed by atoms with Gasteiger partial charge in [-0.3, -0.25) is 9.69 Å². The van der Waals surface area contributed by atoms with Gasteiger partial charge in [0.1, 0.15) is 10.6 Å². The molecule has 0 saturated carbocycles. The number of H-pyrrole nitrogens is 1. The van der Waals surface area contributed by atoms with Crippen molar-refractivity contribution in [2.45, 2.75) is 13.0 Å². The van der Waals surface area contributed by atoms with Gasteiger partial charge in [-0.15, -0.1) is 11.3 Å². The molecule has 0 atom stereocenters. The molecule has 1 aliphatic heterocycles. The lowest BCUT2D eigenvalue weighted by Gasteiger charge is -2.21. The highest BCUT2D eigenvalue weighted by atomic mass is 32.1. The van der Waals surface area contributed by atoms with Gasteiger partial charge >= 0.3 is 5.97 Å². The van der Waals surface area contributed by atoms with E-state index in [1.54, 1.807) is 12.3 Å². The third-order valence-corrected chi connectivity index (χ3v) is 5.15. The summed E-state index contributed by atoms with van der Waals surface area (Å²) >= 11 is 1.41. The van der Waals surface area contributed by atoms with Gasteiger partial charge in [0.2, 0.25) is 0 Å². The number of ether oxygens (including phenoxy) is 1. The van der Waals surface area contributed by atoms with Crippen molar-refractivity contribution in [1.29, 1.82) is 0 Å².